The Kier molecular flexibility index (Phi) is 3.70. The summed E-state index contributed by atoms with van der Waals surface area (Å²) in [6.07, 6.45) is 3.60. The highest BCUT2D eigenvalue weighted by Crippen LogP contribution is 1.99. The molecule has 0 aliphatic rings. The molecule has 3 heteroatoms. The number of pyridine rings is 1. The Morgan fingerprint density at radius 1 is 1.42 bits per heavy atom. The summed E-state index contributed by atoms with van der Waals surface area (Å²) in [5.74, 6) is 0. The molecule has 1 heterocycles. The fourth-order valence-electron chi connectivity index (χ4n) is 1.07. The van der Waals surface area contributed by atoms with Crippen molar-refractivity contribution in [2.75, 3.05) is 20.9 Å². The summed E-state index contributed by atoms with van der Waals surface area (Å²) >= 11 is 0. The van der Waals surface area contributed by atoms with E-state index in [-0.39, 0.29) is 0 Å². The molecule has 1 aromatic heterocycles. The van der Waals surface area contributed by atoms with Gasteiger partial charge in [-0.05, 0) is 24.7 Å². The van der Waals surface area contributed by atoms with Crippen LogP contribution in [0.5, 0.6) is 0 Å². The number of rotatable bonds is 4. The van der Waals surface area contributed by atoms with Crippen molar-refractivity contribution in [1.82, 2.24) is 9.88 Å². The van der Waals surface area contributed by atoms with Crippen LogP contribution < -0.4 is 0 Å². The van der Waals surface area contributed by atoms with Gasteiger partial charge in [0.25, 0.3) is 0 Å². The van der Waals surface area contributed by atoms with Crippen molar-refractivity contribution in [2.24, 2.45) is 0 Å². The molecule has 0 aliphatic carbocycles. The van der Waals surface area contributed by atoms with E-state index >= 15 is 0 Å². The third-order valence-electron chi connectivity index (χ3n) is 1.55. The normalized spacial score (nSPS) is 10.6. The minimum atomic E-state index is 0.655. The maximum absolute atomic E-state index is 4.99. The average Bonchev–Trinajstić information content (AvgIpc) is 2.06. The summed E-state index contributed by atoms with van der Waals surface area (Å²) in [5.41, 5.74) is 1.25. The molecule has 66 valence electrons. The van der Waals surface area contributed by atoms with E-state index in [2.05, 4.69) is 9.88 Å². The topological polar surface area (TPSA) is 25.4 Å². The van der Waals surface area contributed by atoms with Crippen LogP contribution in [0.1, 0.15) is 5.56 Å². The van der Waals surface area contributed by atoms with Gasteiger partial charge in [-0.25, -0.2) is 0 Å². The van der Waals surface area contributed by atoms with Gasteiger partial charge in [0, 0.05) is 26.0 Å². The molecule has 3 nitrogen and oxygen atoms in total. The molecule has 0 N–H and O–H groups in total. The quantitative estimate of drug-likeness (QED) is 0.627. The highest BCUT2D eigenvalue weighted by Gasteiger charge is 1.97. The first-order valence-corrected chi connectivity index (χ1v) is 3.89. The fraction of sp³-hybridized carbons (Fsp3) is 0.444. The zero-order chi connectivity index (χ0) is 8.81. The van der Waals surface area contributed by atoms with E-state index in [1.54, 1.807) is 19.5 Å². The third-order valence-corrected chi connectivity index (χ3v) is 1.55. The zero-order valence-electron chi connectivity index (χ0n) is 7.53. The lowest BCUT2D eigenvalue weighted by Crippen LogP contribution is -2.20. The zero-order valence-corrected chi connectivity index (χ0v) is 7.53. The van der Waals surface area contributed by atoms with E-state index in [1.807, 2.05) is 19.2 Å². The fourth-order valence-corrected chi connectivity index (χ4v) is 1.07. The Labute approximate surface area is 73.0 Å². The molecule has 0 aliphatic heterocycles. The predicted octanol–water partition coefficient (Wildman–Crippen LogP) is 1.12. The molecule has 0 spiro atoms. The maximum atomic E-state index is 4.99. The SMILES string of the molecule is COCN(C)Cc1ccncc1. The summed E-state index contributed by atoms with van der Waals surface area (Å²) in [7, 11) is 3.72. The molecule has 0 amide bonds. The van der Waals surface area contributed by atoms with E-state index < -0.39 is 0 Å². The number of hydrogen-bond donors (Lipinski definition) is 0. The Balaban J connectivity index is 2.41. The van der Waals surface area contributed by atoms with E-state index in [0.717, 1.165) is 6.54 Å². The van der Waals surface area contributed by atoms with Gasteiger partial charge < -0.3 is 4.74 Å². The highest BCUT2D eigenvalue weighted by molar-refractivity contribution is 5.08. The van der Waals surface area contributed by atoms with Crippen LogP contribution in [0.25, 0.3) is 0 Å². The van der Waals surface area contributed by atoms with Crippen LogP contribution in [0, 0.1) is 0 Å². The largest absolute Gasteiger partial charge is 0.369 e. The van der Waals surface area contributed by atoms with E-state index in [0.29, 0.717) is 6.73 Å². The lowest BCUT2D eigenvalue weighted by Gasteiger charge is -2.14. The number of hydrogen-bond acceptors (Lipinski definition) is 3. The first-order valence-electron chi connectivity index (χ1n) is 3.89. The Morgan fingerprint density at radius 2 is 2.08 bits per heavy atom. The minimum absolute atomic E-state index is 0.655. The molecule has 0 fully saturated rings. The van der Waals surface area contributed by atoms with Gasteiger partial charge in [-0.3, -0.25) is 9.88 Å². The van der Waals surface area contributed by atoms with Crippen LogP contribution >= 0.6 is 0 Å². The second-order valence-electron chi connectivity index (χ2n) is 2.79. The van der Waals surface area contributed by atoms with Gasteiger partial charge in [-0.2, -0.15) is 0 Å². The lowest BCUT2D eigenvalue weighted by molar-refractivity contribution is 0.0771. The standard InChI is InChI=1S/C9H14N2O/c1-11(8-12-2)7-9-3-5-10-6-4-9/h3-6H,7-8H2,1-2H3. The molecule has 0 unspecified atom stereocenters. The first kappa shape index (κ1) is 9.16. The second-order valence-corrected chi connectivity index (χ2v) is 2.79. The van der Waals surface area contributed by atoms with Crippen LogP contribution in [0.3, 0.4) is 0 Å². The maximum Gasteiger partial charge on any atom is 0.0986 e. The third kappa shape index (κ3) is 2.98. The number of nitrogens with zero attached hydrogens (tertiary/aromatic N) is 2. The van der Waals surface area contributed by atoms with Crippen LogP contribution in [-0.2, 0) is 11.3 Å². The predicted molar refractivity (Wildman–Crippen MR) is 47.6 cm³/mol. The average molecular weight is 166 g/mol. The van der Waals surface area contributed by atoms with Gasteiger partial charge in [0.15, 0.2) is 0 Å². The van der Waals surface area contributed by atoms with Crippen molar-refractivity contribution in [1.29, 1.82) is 0 Å². The smallest absolute Gasteiger partial charge is 0.0986 e. The van der Waals surface area contributed by atoms with Crippen molar-refractivity contribution < 1.29 is 4.74 Å². The molecule has 0 aromatic carbocycles. The molecule has 12 heavy (non-hydrogen) atoms. The van der Waals surface area contributed by atoms with Gasteiger partial charge in [-0.15, -0.1) is 0 Å². The molecule has 0 atom stereocenters. The first-order chi connectivity index (χ1) is 5.83. The van der Waals surface area contributed by atoms with Crippen molar-refractivity contribution in [2.45, 2.75) is 6.54 Å². The van der Waals surface area contributed by atoms with E-state index in [1.165, 1.54) is 5.56 Å². The lowest BCUT2D eigenvalue weighted by atomic mass is 10.2. The number of aromatic nitrogens is 1. The summed E-state index contributed by atoms with van der Waals surface area (Å²) in [6.45, 7) is 1.55. The van der Waals surface area contributed by atoms with Crippen molar-refractivity contribution in [3.05, 3.63) is 30.1 Å². The van der Waals surface area contributed by atoms with Crippen molar-refractivity contribution in [3.63, 3.8) is 0 Å². The minimum Gasteiger partial charge on any atom is -0.369 e. The molecule has 0 bridgehead atoms. The Morgan fingerprint density at radius 3 is 2.67 bits per heavy atom. The molecule has 0 radical (unpaired) electrons. The van der Waals surface area contributed by atoms with Gasteiger partial charge in [0.1, 0.15) is 0 Å². The van der Waals surface area contributed by atoms with Gasteiger partial charge in [0.05, 0.1) is 6.73 Å². The molecular formula is C9H14N2O. The number of ether oxygens (including phenoxy) is 1. The van der Waals surface area contributed by atoms with Crippen molar-refractivity contribution >= 4 is 0 Å². The Hall–Kier alpha value is -0.930. The van der Waals surface area contributed by atoms with Crippen molar-refractivity contribution in [3.8, 4) is 0 Å². The van der Waals surface area contributed by atoms with Crippen LogP contribution in [0.2, 0.25) is 0 Å². The van der Waals surface area contributed by atoms with Gasteiger partial charge in [0.2, 0.25) is 0 Å². The monoisotopic (exact) mass is 166 g/mol. The van der Waals surface area contributed by atoms with E-state index in [9.17, 15) is 0 Å². The van der Waals surface area contributed by atoms with Crippen LogP contribution in [0.15, 0.2) is 24.5 Å². The molecule has 1 rings (SSSR count). The summed E-state index contributed by atoms with van der Waals surface area (Å²) in [5, 5.41) is 0. The van der Waals surface area contributed by atoms with Crippen LogP contribution in [-0.4, -0.2) is 30.8 Å². The van der Waals surface area contributed by atoms with E-state index in [4.69, 9.17) is 4.74 Å². The highest BCUT2D eigenvalue weighted by atomic mass is 16.5. The molecule has 0 saturated heterocycles. The number of methoxy groups -OCH3 is 1. The summed E-state index contributed by atoms with van der Waals surface area (Å²) in [6, 6.07) is 4.01. The summed E-state index contributed by atoms with van der Waals surface area (Å²) in [4.78, 5) is 6.04. The van der Waals surface area contributed by atoms with Crippen LogP contribution in [0.4, 0.5) is 0 Å². The molecule has 1 aromatic rings. The molecular weight excluding hydrogens is 152 g/mol. The second kappa shape index (κ2) is 4.85. The molecule has 0 saturated carbocycles. The van der Waals surface area contributed by atoms with Gasteiger partial charge in [-0.1, -0.05) is 0 Å². The summed E-state index contributed by atoms with van der Waals surface area (Å²) < 4.78 is 4.99. The Bertz CT molecular complexity index is 213. The van der Waals surface area contributed by atoms with Gasteiger partial charge >= 0.3 is 0 Å².